The largest absolute Gasteiger partial charge is 0.355 e. The zero-order chi connectivity index (χ0) is 13.8. The molecule has 0 aromatic carbocycles. The van der Waals surface area contributed by atoms with Crippen LogP contribution in [0.2, 0.25) is 0 Å². The van der Waals surface area contributed by atoms with Crippen molar-refractivity contribution >= 4 is 29.1 Å². The highest BCUT2D eigenvalue weighted by Gasteiger charge is 1.97. The maximum Gasteiger partial charge on any atom is 0.204 e. The normalized spacial score (nSPS) is 10.5. The fourth-order valence-corrected chi connectivity index (χ4v) is 2.69. The van der Waals surface area contributed by atoms with Gasteiger partial charge >= 0.3 is 0 Å². The van der Waals surface area contributed by atoms with E-state index in [1.165, 1.54) is 0 Å². The van der Waals surface area contributed by atoms with Gasteiger partial charge in [-0.25, -0.2) is 4.98 Å². The molecule has 0 saturated carbocycles. The van der Waals surface area contributed by atoms with Gasteiger partial charge in [0.1, 0.15) is 5.01 Å². The maximum absolute atomic E-state index is 8.59. The SMILES string of the molecule is C#CCCNC(=NCCSCc1nccs1)NC#N. The van der Waals surface area contributed by atoms with Crippen LogP contribution in [-0.2, 0) is 5.75 Å². The maximum atomic E-state index is 8.59. The molecule has 1 aromatic heterocycles. The number of thioether (sulfide) groups is 1. The highest BCUT2D eigenvalue weighted by Crippen LogP contribution is 2.13. The standard InChI is InChI=1S/C12H15N5S2/c1-2-3-4-15-12(17-10-13)16-5-7-18-9-11-14-6-8-19-11/h1,6,8H,3-5,7,9H2,(H2,15,16,17). The van der Waals surface area contributed by atoms with Crippen LogP contribution in [0.5, 0.6) is 0 Å². The molecule has 0 fully saturated rings. The Morgan fingerprint density at radius 3 is 3.21 bits per heavy atom. The van der Waals surface area contributed by atoms with Crippen molar-refractivity contribution in [1.82, 2.24) is 15.6 Å². The highest BCUT2D eigenvalue weighted by molar-refractivity contribution is 7.98. The average molecular weight is 293 g/mol. The molecule has 7 heteroatoms. The van der Waals surface area contributed by atoms with E-state index >= 15 is 0 Å². The third-order valence-electron chi connectivity index (χ3n) is 1.95. The van der Waals surface area contributed by atoms with Crippen molar-refractivity contribution < 1.29 is 0 Å². The topological polar surface area (TPSA) is 73.1 Å². The molecule has 0 aliphatic carbocycles. The summed E-state index contributed by atoms with van der Waals surface area (Å²) in [5.74, 6) is 4.78. The summed E-state index contributed by atoms with van der Waals surface area (Å²) in [5.41, 5.74) is 0. The van der Waals surface area contributed by atoms with E-state index in [-0.39, 0.29) is 0 Å². The zero-order valence-electron chi connectivity index (χ0n) is 10.4. The van der Waals surface area contributed by atoms with Crippen LogP contribution < -0.4 is 10.6 Å². The number of aromatic nitrogens is 1. The monoisotopic (exact) mass is 293 g/mol. The van der Waals surface area contributed by atoms with Crippen LogP contribution >= 0.6 is 23.1 Å². The van der Waals surface area contributed by atoms with Crippen molar-refractivity contribution in [3.8, 4) is 18.5 Å². The third kappa shape index (κ3) is 7.35. The van der Waals surface area contributed by atoms with Crippen LogP contribution in [0.25, 0.3) is 0 Å². The molecule has 1 rings (SSSR count). The van der Waals surface area contributed by atoms with Gasteiger partial charge in [0.2, 0.25) is 5.96 Å². The lowest BCUT2D eigenvalue weighted by Crippen LogP contribution is -2.35. The lowest BCUT2D eigenvalue weighted by atomic mass is 10.4. The van der Waals surface area contributed by atoms with Gasteiger partial charge in [0.25, 0.3) is 0 Å². The minimum absolute atomic E-state index is 0.479. The Balaban J connectivity index is 2.19. The molecule has 0 saturated heterocycles. The zero-order valence-corrected chi connectivity index (χ0v) is 12.1. The van der Waals surface area contributed by atoms with Gasteiger partial charge < -0.3 is 5.32 Å². The number of aliphatic imine (C=N–C) groups is 1. The van der Waals surface area contributed by atoms with Gasteiger partial charge in [0.15, 0.2) is 6.19 Å². The quantitative estimate of drug-likeness (QED) is 0.199. The van der Waals surface area contributed by atoms with Crippen LogP contribution in [0, 0.1) is 23.8 Å². The number of hydrogen-bond acceptors (Lipinski definition) is 5. The molecule has 0 amide bonds. The van der Waals surface area contributed by atoms with E-state index < -0.39 is 0 Å². The van der Waals surface area contributed by atoms with Crippen molar-refractivity contribution in [1.29, 1.82) is 5.26 Å². The second-order valence-corrected chi connectivity index (χ2v) is 5.41. The molecule has 5 nitrogen and oxygen atoms in total. The molecule has 1 heterocycles. The number of guanidine groups is 1. The summed E-state index contributed by atoms with van der Waals surface area (Å²) in [7, 11) is 0. The number of nitrogens with one attached hydrogen (secondary N) is 2. The van der Waals surface area contributed by atoms with E-state index in [9.17, 15) is 0 Å². The first-order chi connectivity index (χ1) is 9.36. The van der Waals surface area contributed by atoms with Gasteiger partial charge in [-0.3, -0.25) is 10.3 Å². The van der Waals surface area contributed by atoms with Crippen LogP contribution in [0.3, 0.4) is 0 Å². The Hall–Kier alpha value is -1.70. The molecule has 2 N–H and O–H groups in total. The summed E-state index contributed by atoms with van der Waals surface area (Å²) in [5, 5.41) is 17.2. The first-order valence-corrected chi connectivity index (χ1v) is 7.73. The summed E-state index contributed by atoms with van der Waals surface area (Å²) in [6.45, 7) is 1.25. The number of terminal acetylenes is 1. The van der Waals surface area contributed by atoms with Crippen molar-refractivity contribution in [2.45, 2.75) is 12.2 Å². The number of thiazole rings is 1. The minimum atomic E-state index is 0.479. The molecule has 0 radical (unpaired) electrons. The number of rotatable bonds is 7. The Morgan fingerprint density at radius 2 is 2.53 bits per heavy atom. The van der Waals surface area contributed by atoms with Gasteiger partial charge in [-0.1, -0.05) is 0 Å². The van der Waals surface area contributed by atoms with Crippen LogP contribution in [0.1, 0.15) is 11.4 Å². The van der Waals surface area contributed by atoms with Gasteiger partial charge in [-0.2, -0.15) is 17.0 Å². The highest BCUT2D eigenvalue weighted by atomic mass is 32.2. The predicted octanol–water partition coefficient (Wildman–Crippen LogP) is 1.42. The molecule has 0 spiro atoms. The second kappa shape index (κ2) is 10.2. The number of hydrogen-bond donors (Lipinski definition) is 2. The Kier molecular flexibility index (Phi) is 8.28. The summed E-state index contributed by atoms with van der Waals surface area (Å²) >= 11 is 3.42. The fraction of sp³-hybridized carbons (Fsp3) is 0.417. The van der Waals surface area contributed by atoms with Crippen LogP contribution in [0.15, 0.2) is 16.6 Å². The molecule has 0 atom stereocenters. The number of nitriles is 1. The molecule has 0 aliphatic heterocycles. The van der Waals surface area contributed by atoms with Crippen molar-refractivity contribution in [2.75, 3.05) is 18.8 Å². The molecular formula is C12H15N5S2. The molecule has 19 heavy (non-hydrogen) atoms. The Morgan fingerprint density at radius 1 is 1.63 bits per heavy atom. The Labute approximate surface area is 121 Å². The third-order valence-corrected chi connectivity index (χ3v) is 3.86. The smallest absolute Gasteiger partial charge is 0.204 e. The molecule has 0 bridgehead atoms. The van der Waals surface area contributed by atoms with Gasteiger partial charge in [-0.05, 0) is 0 Å². The van der Waals surface area contributed by atoms with Gasteiger partial charge in [0, 0.05) is 36.0 Å². The van der Waals surface area contributed by atoms with Crippen LogP contribution in [0.4, 0.5) is 0 Å². The summed E-state index contributed by atoms with van der Waals surface area (Å²) in [4.78, 5) is 8.47. The average Bonchev–Trinajstić information content (AvgIpc) is 2.91. The van der Waals surface area contributed by atoms with E-state index in [4.69, 9.17) is 11.7 Å². The van der Waals surface area contributed by atoms with E-state index in [1.807, 2.05) is 17.8 Å². The first kappa shape index (κ1) is 15.4. The molecule has 0 aliphatic rings. The molecule has 100 valence electrons. The van der Waals surface area contributed by atoms with E-state index in [0.717, 1.165) is 16.5 Å². The molecular weight excluding hydrogens is 278 g/mol. The van der Waals surface area contributed by atoms with E-state index in [1.54, 1.807) is 23.1 Å². The van der Waals surface area contributed by atoms with Crippen molar-refractivity contribution in [3.63, 3.8) is 0 Å². The van der Waals surface area contributed by atoms with Gasteiger partial charge in [-0.15, -0.1) is 23.7 Å². The minimum Gasteiger partial charge on any atom is -0.355 e. The number of nitrogens with zero attached hydrogens (tertiary/aromatic N) is 3. The molecule has 1 aromatic rings. The summed E-state index contributed by atoms with van der Waals surface area (Å²) in [6, 6.07) is 0. The lowest BCUT2D eigenvalue weighted by Gasteiger charge is -2.05. The lowest BCUT2D eigenvalue weighted by molar-refractivity contribution is 0.866. The summed E-state index contributed by atoms with van der Waals surface area (Å²) in [6.07, 6.45) is 9.41. The molecule has 0 unspecified atom stereocenters. The first-order valence-electron chi connectivity index (χ1n) is 5.70. The van der Waals surface area contributed by atoms with Crippen LogP contribution in [-0.4, -0.2) is 29.8 Å². The second-order valence-electron chi connectivity index (χ2n) is 3.33. The summed E-state index contributed by atoms with van der Waals surface area (Å²) < 4.78 is 0. The predicted molar refractivity (Wildman–Crippen MR) is 80.8 cm³/mol. The fourth-order valence-electron chi connectivity index (χ4n) is 1.15. The van der Waals surface area contributed by atoms with Gasteiger partial charge in [0.05, 0.1) is 6.54 Å². The Bertz CT molecular complexity index is 455. The van der Waals surface area contributed by atoms with E-state index in [0.29, 0.717) is 25.5 Å². The van der Waals surface area contributed by atoms with Crippen molar-refractivity contribution in [2.24, 2.45) is 4.99 Å². The van der Waals surface area contributed by atoms with Crippen molar-refractivity contribution in [3.05, 3.63) is 16.6 Å². The van der Waals surface area contributed by atoms with E-state index in [2.05, 4.69) is 26.5 Å².